The number of esters is 1. The molecule has 0 fully saturated rings. The van der Waals surface area contributed by atoms with Crippen LogP contribution >= 0.6 is 0 Å². The standard InChI is InChI=1S/C37H45N3O5.C6H10O/c1-24(2)10-6-7-11-26(15-14-25(3)4)23-45-37(43)28-18-16-27(17-19-28)34-38-35(30-12-8-9-13-32(30)41)40-36(39-34)31-21-20-29(44-5)22-33(31)42;1-4-6(7)5(2)3/h8-9,12-13,16-22,24-26,41-42H,6-7,10-11,14-15,23H2,1-5H3;4,7H,1H2,2-3H3. The summed E-state index contributed by atoms with van der Waals surface area (Å²) in [6.45, 7) is 16.4. The van der Waals surface area contributed by atoms with Crippen LogP contribution in [0.15, 0.2) is 90.7 Å². The normalized spacial score (nSPS) is 11.4. The molecule has 0 aliphatic heterocycles. The summed E-state index contributed by atoms with van der Waals surface area (Å²) >= 11 is 0. The first-order valence-corrected chi connectivity index (χ1v) is 18.0. The van der Waals surface area contributed by atoms with E-state index in [1.54, 1.807) is 60.7 Å². The smallest absolute Gasteiger partial charge is 0.338 e. The van der Waals surface area contributed by atoms with Crippen molar-refractivity contribution in [2.24, 2.45) is 17.8 Å². The number of hydrogen-bond acceptors (Lipinski definition) is 9. The lowest BCUT2D eigenvalue weighted by atomic mass is 9.93. The van der Waals surface area contributed by atoms with Gasteiger partial charge >= 0.3 is 5.97 Å². The minimum absolute atomic E-state index is 0.0178. The second-order valence-electron chi connectivity index (χ2n) is 14.0. The summed E-state index contributed by atoms with van der Waals surface area (Å²) in [6, 6.07) is 18.6. The average molecular weight is 710 g/mol. The van der Waals surface area contributed by atoms with E-state index in [9.17, 15) is 15.0 Å². The average Bonchev–Trinajstić information content (AvgIpc) is 3.13. The number of hydrogen-bond donors (Lipinski definition) is 3. The summed E-state index contributed by atoms with van der Waals surface area (Å²) in [5.74, 6) is 2.84. The second kappa shape index (κ2) is 20.6. The van der Waals surface area contributed by atoms with Gasteiger partial charge in [0.1, 0.15) is 23.0 Å². The number of para-hydroxylation sites is 1. The van der Waals surface area contributed by atoms with Gasteiger partial charge in [-0.2, -0.15) is 0 Å². The molecule has 9 nitrogen and oxygen atoms in total. The Kier molecular flexibility index (Phi) is 16.4. The van der Waals surface area contributed by atoms with Gasteiger partial charge in [0.2, 0.25) is 0 Å². The zero-order valence-electron chi connectivity index (χ0n) is 31.7. The van der Waals surface area contributed by atoms with E-state index >= 15 is 0 Å². The number of unbranched alkanes of at least 4 members (excludes halogenated alkanes) is 1. The first-order chi connectivity index (χ1) is 24.8. The van der Waals surface area contributed by atoms with Gasteiger partial charge in [0.05, 0.1) is 30.4 Å². The van der Waals surface area contributed by atoms with Gasteiger partial charge in [-0.15, -0.1) is 0 Å². The Morgan fingerprint density at radius 1 is 0.769 bits per heavy atom. The fourth-order valence-electron chi connectivity index (χ4n) is 5.34. The van der Waals surface area contributed by atoms with Crippen molar-refractivity contribution >= 4 is 5.97 Å². The number of phenolic OH excluding ortho intramolecular Hbond substituents is 2. The first-order valence-electron chi connectivity index (χ1n) is 18.0. The van der Waals surface area contributed by atoms with E-state index in [-0.39, 0.29) is 34.9 Å². The van der Waals surface area contributed by atoms with Crippen LogP contribution in [0.2, 0.25) is 0 Å². The molecule has 1 aromatic heterocycles. The fraction of sp³-hybridized carbons (Fsp3) is 0.395. The Morgan fingerprint density at radius 2 is 1.37 bits per heavy atom. The van der Waals surface area contributed by atoms with E-state index in [0.29, 0.717) is 58.2 Å². The van der Waals surface area contributed by atoms with E-state index < -0.39 is 0 Å². The molecular formula is C43H55N3O6. The molecule has 4 aromatic rings. The maximum Gasteiger partial charge on any atom is 0.338 e. The van der Waals surface area contributed by atoms with Gasteiger partial charge in [0.25, 0.3) is 0 Å². The summed E-state index contributed by atoms with van der Waals surface area (Å²) in [5.41, 5.74) is 2.79. The molecule has 0 bridgehead atoms. The van der Waals surface area contributed by atoms with Crippen molar-refractivity contribution in [2.75, 3.05) is 13.7 Å². The van der Waals surface area contributed by atoms with Gasteiger partial charge in [-0.3, -0.25) is 0 Å². The largest absolute Gasteiger partial charge is 0.508 e. The van der Waals surface area contributed by atoms with E-state index in [0.717, 1.165) is 31.3 Å². The highest BCUT2D eigenvalue weighted by Crippen LogP contribution is 2.34. The van der Waals surface area contributed by atoms with Crippen molar-refractivity contribution in [3.05, 3.63) is 96.3 Å². The molecule has 0 amide bonds. The second-order valence-corrected chi connectivity index (χ2v) is 14.0. The third-order valence-electron chi connectivity index (χ3n) is 8.56. The fourth-order valence-corrected chi connectivity index (χ4v) is 5.34. The quantitative estimate of drug-likeness (QED) is 0.0449. The predicted molar refractivity (Wildman–Crippen MR) is 208 cm³/mol. The number of carbonyl (C=O) groups excluding carboxylic acids is 1. The number of aliphatic hydroxyl groups is 1. The molecule has 52 heavy (non-hydrogen) atoms. The van der Waals surface area contributed by atoms with Crippen LogP contribution < -0.4 is 4.74 Å². The number of allylic oxidation sites excluding steroid dienone is 2. The molecule has 0 aliphatic carbocycles. The molecule has 278 valence electrons. The van der Waals surface area contributed by atoms with Crippen LogP contribution in [0.25, 0.3) is 34.2 Å². The van der Waals surface area contributed by atoms with Crippen molar-refractivity contribution in [1.82, 2.24) is 15.0 Å². The van der Waals surface area contributed by atoms with E-state index in [4.69, 9.17) is 14.6 Å². The molecule has 1 atom stereocenters. The van der Waals surface area contributed by atoms with Gasteiger partial charge in [-0.1, -0.05) is 84.2 Å². The molecule has 0 spiro atoms. The SMILES string of the molecule is C=CC(O)=C(C)C.COc1ccc(-c2nc(-c3ccc(C(=O)OCC(CCCCC(C)C)CCC(C)C)cc3)nc(-c3ccccc3O)n2)c(O)c1. The highest BCUT2D eigenvalue weighted by Gasteiger charge is 2.18. The van der Waals surface area contributed by atoms with Crippen molar-refractivity contribution in [3.8, 4) is 51.4 Å². The van der Waals surface area contributed by atoms with Crippen molar-refractivity contribution < 1.29 is 29.6 Å². The van der Waals surface area contributed by atoms with Crippen LogP contribution in [0.1, 0.15) is 90.4 Å². The number of methoxy groups -OCH3 is 1. The van der Waals surface area contributed by atoms with Crippen LogP contribution in [0.3, 0.4) is 0 Å². The lowest BCUT2D eigenvalue weighted by Gasteiger charge is -2.18. The Bertz CT molecular complexity index is 1780. The third-order valence-corrected chi connectivity index (χ3v) is 8.56. The Morgan fingerprint density at radius 3 is 1.90 bits per heavy atom. The molecule has 0 aliphatic rings. The topological polar surface area (TPSA) is 135 Å². The summed E-state index contributed by atoms with van der Waals surface area (Å²) in [4.78, 5) is 26.9. The number of carbonyl (C=O) groups is 1. The molecule has 3 N–H and O–H groups in total. The zero-order chi connectivity index (χ0) is 38.2. The summed E-state index contributed by atoms with van der Waals surface area (Å²) in [7, 11) is 1.52. The van der Waals surface area contributed by atoms with Gasteiger partial charge in [-0.25, -0.2) is 19.7 Å². The van der Waals surface area contributed by atoms with Gasteiger partial charge in [0.15, 0.2) is 17.5 Å². The maximum atomic E-state index is 13.0. The molecule has 4 rings (SSSR count). The Labute approximate surface area is 309 Å². The molecule has 1 heterocycles. The highest BCUT2D eigenvalue weighted by atomic mass is 16.5. The van der Waals surface area contributed by atoms with E-state index in [1.165, 1.54) is 32.1 Å². The van der Waals surface area contributed by atoms with Crippen molar-refractivity contribution in [1.29, 1.82) is 0 Å². The minimum atomic E-state index is -0.354. The van der Waals surface area contributed by atoms with E-state index in [1.807, 2.05) is 13.8 Å². The molecule has 0 saturated heterocycles. The lowest BCUT2D eigenvalue weighted by Crippen LogP contribution is -2.15. The number of ether oxygens (including phenoxy) is 2. The van der Waals surface area contributed by atoms with Crippen molar-refractivity contribution in [2.45, 2.75) is 80.1 Å². The van der Waals surface area contributed by atoms with Crippen LogP contribution in [0, 0.1) is 17.8 Å². The third kappa shape index (κ3) is 12.9. The number of phenols is 2. The lowest BCUT2D eigenvalue weighted by molar-refractivity contribution is 0.0420. The zero-order valence-corrected chi connectivity index (χ0v) is 31.7. The highest BCUT2D eigenvalue weighted by molar-refractivity contribution is 5.90. The van der Waals surface area contributed by atoms with Gasteiger partial charge < -0.3 is 24.8 Å². The summed E-state index contributed by atoms with van der Waals surface area (Å²) in [6.07, 6.45) is 8.24. The van der Waals surface area contributed by atoms with Crippen LogP contribution in [-0.4, -0.2) is 50.0 Å². The number of nitrogens with zero attached hydrogens (tertiary/aromatic N) is 3. The Hall–Kier alpha value is -5.18. The van der Waals surface area contributed by atoms with Gasteiger partial charge in [-0.05, 0) is 92.5 Å². The number of benzene rings is 3. The number of aromatic nitrogens is 3. The van der Waals surface area contributed by atoms with Gasteiger partial charge in [0, 0.05) is 11.6 Å². The van der Waals surface area contributed by atoms with E-state index in [2.05, 4.69) is 49.2 Å². The van der Waals surface area contributed by atoms with Crippen LogP contribution in [0.5, 0.6) is 17.2 Å². The molecule has 0 radical (unpaired) electrons. The maximum absolute atomic E-state index is 13.0. The molecular weight excluding hydrogens is 654 g/mol. The summed E-state index contributed by atoms with van der Waals surface area (Å²) in [5, 5.41) is 29.9. The first kappa shape index (κ1) is 41.2. The molecule has 1 unspecified atom stereocenters. The minimum Gasteiger partial charge on any atom is -0.508 e. The molecule has 0 saturated carbocycles. The van der Waals surface area contributed by atoms with Crippen molar-refractivity contribution in [3.63, 3.8) is 0 Å². The number of rotatable bonds is 16. The predicted octanol–water partition coefficient (Wildman–Crippen LogP) is 10.7. The summed E-state index contributed by atoms with van der Waals surface area (Å²) < 4.78 is 11.0. The monoisotopic (exact) mass is 709 g/mol. The number of aliphatic hydroxyl groups excluding tert-OH is 1. The Balaban J connectivity index is 0.000000944. The van der Waals surface area contributed by atoms with Crippen LogP contribution in [-0.2, 0) is 4.74 Å². The number of aromatic hydroxyl groups is 2. The molecule has 9 heteroatoms. The molecule has 3 aromatic carbocycles. The van der Waals surface area contributed by atoms with Crippen LogP contribution in [0.4, 0.5) is 0 Å².